The molecule has 1 atom stereocenters. The van der Waals surface area contributed by atoms with E-state index < -0.39 is 24.6 Å². The second-order valence-corrected chi connectivity index (χ2v) is 3.24. The molecule has 6 heteroatoms. The maximum atomic E-state index is 11.8. The van der Waals surface area contributed by atoms with E-state index in [0.717, 1.165) is 4.90 Å². The number of halogens is 3. The van der Waals surface area contributed by atoms with Crippen LogP contribution in [0.15, 0.2) is 0 Å². The Balaban J connectivity index is 3.88. The Morgan fingerprint density at radius 3 is 2.36 bits per heavy atom. The number of hydrogen-bond donors (Lipinski definition) is 1. The number of hydrogen-bond acceptors (Lipinski definition) is 2. The van der Waals surface area contributed by atoms with Crippen molar-refractivity contribution in [1.29, 1.82) is 0 Å². The van der Waals surface area contributed by atoms with Crippen LogP contribution in [-0.2, 0) is 4.79 Å². The molecule has 0 aromatic rings. The van der Waals surface area contributed by atoms with Gasteiger partial charge in [-0.05, 0) is 13.3 Å². The van der Waals surface area contributed by atoms with Gasteiger partial charge in [-0.25, -0.2) is 0 Å². The largest absolute Gasteiger partial charge is 0.397 e. The van der Waals surface area contributed by atoms with Gasteiger partial charge in [0.05, 0.1) is 6.10 Å². The fourth-order valence-electron chi connectivity index (χ4n) is 0.812. The van der Waals surface area contributed by atoms with E-state index in [4.69, 9.17) is 5.11 Å². The SMILES string of the molecule is CC(O)CCN(C)C(=O)CC(F)(F)F. The number of carbonyl (C=O) groups is 1. The number of aliphatic hydroxyl groups excluding tert-OH is 1. The zero-order chi connectivity index (χ0) is 11.4. The van der Waals surface area contributed by atoms with E-state index in [-0.39, 0.29) is 13.0 Å². The standard InChI is InChI=1S/C8H14F3NO2/c1-6(13)3-4-12(2)7(14)5-8(9,10)11/h6,13H,3-5H2,1-2H3. The minimum Gasteiger partial charge on any atom is -0.393 e. The van der Waals surface area contributed by atoms with Gasteiger partial charge in [-0.2, -0.15) is 13.2 Å². The Kier molecular flexibility index (Phi) is 4.90. The van der Waals surface area contributed by atoms with Gasteiger partial charge in [-0.15, -0.1) is 0 Å². The van der Waals surface area contributed by atoms with Crippen molar-refractivity contribution in [2.75, 3.05) is 13.6 Å². The summed E-state index contributed by atoms with van der Waals surface area (Å²) in [6.07, 6.45) is -6.24. The molecule has 0 aliphatic heterocycles. The number of carbonyl (C=O) groups excluding carboxylic acids is 1. The number of aliphatic hydroxyl groups is 1. The number of amides is 1. The molecule has 0 radical (unpaired) electrons. The van der Waals surface area contributed by atoms with E-state index in [1.165, 1.54) is 14.0 Å². The van der Waals surface area contributed by atoms with Crippen molar-refractivity contribution in [2.24, 2.45) is 0 Å². The van der Waals surface area contributed by atoms with Crippen molar-refractivity contribution >= 4 is 5.91 Å². The molecule has 14 heavy (non-hydrogen) atoms. The average molecular weight is 213 g/mol. The van der Waals surface area contributed by atoms with E-state index in [1.54, 1.807) is 0 Å². The zero-order valence-electron chi connectivity index (χ0n) is 8.14. The highest BCUT2D eigenvalue weighted by atomic mass is 19.4. The first-order valence-electron chi connectivity index (χ1n) is 4.21. The molecule has 0 aromatic heterocycles. The van der Waals surface area contributed by atoms with Gasteiger partial charge in [-0.3, -0.25) is 4.79 Å². The summed E-state index contributed by atoms with van der Waals surface area (Å²) in [4.78, 5) is 11.9. The van der Waals surface area contributed by atoms with Crippen LogP contribution in [0.25, 0.3) is 0 Å². The first-order valence-corrected chi connectivity index (χ1v) is 4.21. The first kappa shape index (κ1) is 13.2. The summed E-state index contributed by atoms with van der Waals surface area (Å²) in [6.45, 7) is 1.65. The monoisotopic (exact) mass is 213 g/mol. The normalized spacial score (nSPS) is 13.9. The van der Waals surface area contributed by atoms with Gasteiger partial charge in [0.15, 0.2) is 0 Å². The van der Waals surface area contributed by atoms with Crippen LogP contribution in [0.4, 0.5) is 13.2 Å². The minimum absolute atomic E-state index is 0.132. The summed E-state index contributed by atoms with van der Waals surface area (Å²) in [6, 6.07) is 0. The number of alkyl halides is 3. The minimum atomic E-state index is -4.46. The van der Waals surface area contributed by atoms with Gasteiger partial charge in [0.2, 0.25) is 5.91 Å². The Morgan fingerprint density at radius 1 is 1.50 bits per heavy atom. The average Bonchev–Trinajstić information content (AvgIpc) is 1.96. The predicted molar refractivity (Wildman–Crippen MR) is 44.6 cm³/mol. The molecule has 1 unspecified atom stereocenters. The van der Waals surface area contributed by atoms with Crippen LogP contribution in [0, 0.1) is 0 Å². The summed E-state index contributed by atoms with van der Waals surface area (Å²) >= 11 is 0. The Morgan fingerprint density at radius 2 is 2.00 bits per heavy atom. The van der Waals surface area contributed by atoms with E-state index in [9.17, 15) is 18.0 Å². The second kappa shape index (κ2) is 5.19. The van der Waals surface area contributed by atoms with E-state index in [2.05, 4.69) is 0 Å². The summed E-state index contributed by atoms with van der Waals surface area (Å²) in [5.41, 5.74) is 0. The van der Waals surface area contributed by atoms with Crippen LogP contribution in [0.2, 0.25) is 0 Å². The zero-order valence-corrected chi connectivity index (χ0v) is 8.14. The fraction of sp³-hybridized carbons (Fsp3) is 0.875. The molecule has 0 fully saturated rings. The molecule has 0 bridgehead atoms. The molecule has 1 N–H and O–H groups in total. The van der Waals surface area contributed by atoms with Crippen molar-refractivity contribution in [2.45, 2.75) is 32.0 Å². The van der Waals surface area contributed by atoms with E-state index in [0.29, 0.717) is 0 Å². The van der Waals surface area contributed by atoms with E-state index >= 15 is 0 Å². The van der Waals surface area contributed by atoms with Crippen molar-refractivity contribution in [3.63, 3.8) is 0 Å². The fourth-order valence-corrected chi connectivity index (χ4v) is 0.812. The third-order valence-electron chi connectivity index (χ3n) is 1.66. The highest BCUT2D eigenvalue weighted by molar-refractivity contribution is 5.76. The van der Waals surface area contributed by atoms with Gasteiger partial charge in [-0.1, -0.05) is 0 Å². The van der Waals surface area contributed by atoms with Crippen molar-refractivity contribution in [1.82, 2.24) is 4.90 Å². The topological polar surface area (TPSA) is 40.5 Å². The maximum absolute atomic E-state index is 11.8. The third kappa shape index (κ3) is 6.71. The molecule has 0 saturated heterocycles. The third-order valence-corrected chi connectivity index (χ3v) is 1.66. The molecule has 0 saturated carbocycles. The molecule has 0 spiro atoms. The Labute approximate surface area is 80.5 Å². The maximum Gasteiger partial charge on any atom is 0.397 e. The Hall–Kier alpha value is -0.780. The molecular weight excluding hydrogens is 199 g/mol. The van der Waals surface area contributed by atoms with Gasteiger partial charge in [0.1, 0.15) is 6.42 Å². The van der Waals surface area contributed by atoms with Crippen LogP contribution >= 0.6 is 0 Å². The molecule has 0 heterocycles. The molecule has 84 valence electrons. The van der Waals surface area contributed by atoms with Gasteiger partial charge in [0.25, 0.3) is 0 Å². The van der Waals surface area contributed by atoms with Crippen molar-refractivity contribution in [3.8, 4) is 0 Å². The van der Waals surface area contributed by atoms with Crippen LogP contribution in [0.1, 0.15) is 19.8 Å². The number of nitrogens with zero attached hydrogens (tertiary/aromatic N) is 1. The quantitative estimate of drug-likeness (QED) is 0.761. The highest BCUT2D eigenvalue weighted by Gasteiger charge is 2.32. The second-order valence-electron chi connectivity index (χ2n) is 3.24. The molecule has 0 rings (SSSR count). The van der Waals surface area contributed by atoms with Gasteiger partial charge in [0, 0.05) is 13.6 Å². The lowest BCUT2D eigenvalue weighted by Crippen LogP contribution is -2.32. The highest BCUT2D eigenvalue weighted by Crippen LogP contribution is 2.20. The number of rotatable bonds is 4. The summed E-state index contributed by atoms with van der Waals surface area (Å²) in [5, 5.41) is 8.86. The van der Waals surface area contributed by atoms with Crippen LogP contribution < -0.4 is 0 Å². The smallest absolute Gasteiger partial charge is 0.393 e. The summed E-state index contributed by atoms with van der Waals surface area (Å²) in [7, 11) is 1.29. The van der Waals surface area contributed by atoms with Gasteiger partial charge >= 0.3 is 6.18 Å². The lowest BCUT2D eigenvalue weighted by molar-refractivity contribution is -0.160. The molecule has 1 amide bonds. The van der Waals surface area contributed by atoms with Gasteiger partial charge < -0.3 is 10.0 Å². The summed E-state index contributed by atoms with van der Waals surface area (Å²) < 4.78 is 35.3. The molecule has 3 nitrogen and oxygen atoms in total. The van der Waals surface area contributed by atoms with Crippen molar-refractivity contribution < 1.29 is 23.1 Å². The lowest BCUT2D eigenvalue weighted by Gasteiger charge is -2.18. The van der Waals surface area contributed by atoms with Crippen LogP contribution in [0.5, 0.6) is 0 Å². The molecule has 0 aromatic carbocycles. The van der Waals surface area contributed by atoms with Crippen LogP contribution in [0.3, 0.4) is 0 Å². The summed E-state index contributed by atoms with van der Waals surface area (Å²) in [5.74, 6) is -0.974. The Bertz CT molecular complexity index is 192. The predicted octanol–water partition coefficient (Wildman–Crippen LogP) is 1.17. The molecule has 0 aliphatic carbocycles. The van der Waals surface area contributed by atoms with Crippen molar-refractivity contribution in [3.05, 3.63) is 0 Å². The first-order chi connectivity index (χ1) is 6.22. The van der Waals surface area contributed by atoms with E-state index in [1.807, 2.05) is 0 Å². The van der Waals surface area contributed by atoms with Crippen LogP contribution in [-0.4, -0.2) is 41.8 Å². The molecular formula is C8H14F3NO2. The lowest BCUT2D eigenvalue weighted by atomic mass is 10.2. The molecule has 0 aliphatic rings.